The van der Waals surface area contributed by atoms with Gasteiger partial charge in [0.05, 0.1) is 0 Å². The molecule has 1 N–H and O–H groups in total. The Kier molecular flexibility index (Phi) is 3.94. The fraction of sp³-hybridized carbons (Fsp3) is 0.467. The average Bonchev–Trinajstić information content (AvgIpc) is 2.88. The highest BCUT2D eigenvalue weighted by Gasteiger charge is 2.16. The summed E-state index contributed by atoms with van der Waals surface area (Å²) in [6.07, 6.45) is 4.54. The molecule has 3 rings (SSSR count). The van der Waals surface area contributed by atoms with Crippen LogP contribution in [0.4, 0.5) is 0 Å². The standard InChI is InChI=1S/C15H19N5O/c1-11-6-2-3-7-12(11)16-17-15(21)10-20-18-13-8-4-5-9-14(13)19-20/h4-5,8-9,11H,2-3,6-7,10H2,1H3,(H,17,21)/b16-12-/t11-/m0/s1. The second-order valence-electron chi connectivity index (χ2n) is 5.50. The van der Waals surface area contributed by atoms with E-state index in [9.17, 15) is 4.79 Å². The zero-order valence-corrected chi connectivity index (χ0v) is 12.1. The van der Waals surface area contributed by atoms with Crippen LogP contribution < -0.4 is 5.43 Å². The first-order valence-corrected chi connectivity index (χ1v) is 7.37. The van der Waals surface area contributed by atoms with Crippen molar-refractivity contribution in [2.75, 3.05) is 0 Å². The second-order valence-corrected chi connectivity index (χ2v) is 5.50. The van der Waals surface area contributed by atoms with Crippen molar-refractivity contribution >= 4 is 22.7 Å². The first-order valence-electron chi connectivity index (χ1n) is 7.37. The summed E-state index contributed by atoms with van der Waals surface area (Å²) in [7, 11) is 0. The molecule has 0 unspecified atom stereocenters. The van der Waals surface area contributed by atoms with Gasteiger partial charge in [0.25, 0.3) is 5.91 Å². The Bertz CT molecular complexity index is 643. The molecule has 1 aromatic heterocycles. The zero-order chi connectivity index (χ0) is 14.7. The Morgan fingerprint density at radius 2 is 2.05 bits per heavy atom. The Morgan fingerprint density at radius 3 is 2.71 bits per heavy atom. The van der Waals surface area contributed by atoms with E-state index < -0.39 is 0 Å². The quantitative estimate of drug-likeness (QED) is 0.878. The Morgan fingerprint density at radius 1 is 1.33 bits per heavy atom. The highest BCUT2D eigenvalue weighted by atomic mass is 16.2. The summed E-state index contributed by atoms with van der Waals surface area (Å²) in [5.41, 5.74) is 5.29. The third kappa shape index (κ3) is 3.26. The minimum Gasteiger partial charge on any atom is -0.271 e. The highest BCUT2D eigenvalue weighted by Crippen LogP contribution is 2.20. The van der Waals surface area contributed by atoms with Crippen LogP contribution in [0.3, 0.4) is 0 Å². The van der Waals surface area contributed by atoms with Gasteiger partial charge >= 0.3 is 0 Å². The summed E-state index contributed by atoms with van der Waals surface area (Å²) in [4.78, 5) is 13.3. The molecule has 1 amide bonds. The SMILES string of the molecule is C[C@H]1CCCC/C1=N/NC(=O)Cn1nc2ccccc2n1. The molecule has 1 atom stereocenters. The maximum absolute atomic E-state index is 11.9. The summed E-state index contributed by atoms with van der Waals surface area (Å²) < 4.78 is 0. The number of hydrazone groups is 1. The molecular formula is C15H19N5O. The van der Waals surface area contributed by atoms with Crippen LogP contribution in [0.1, 0.15) is 32.6 Å². The van der Waals surface area contributed by atoms with E-state index in [4.69, 9.17) is 0 Å². The van der Waals surface area contributed by atoms with E-state index in [1.807, 2.05) is 24.3 Å². The maximum atomic E-state index is 11.9. The van der Waals surface area contributed by atoms with Gasteiger partial charge in [-0.05, 0) is 37.3 Å². The minimum atomic E-state index is -0.194. The number of aromatic nitrogens is 3. The summed E-state index contributed by atoms with van der Waals surface area (Å²) in [6.45, 7) is 2.24. The molecule has 6 heteroatoms. The molecule has 6 nitrogen and oxygen atoms in total. The summed E-state index contributed by atoms with van der Waals surface area (Å²) in [6, 6.07) is 7.55. The lowest BCUT2D eigenvalue weighted by Crippen LogP contribution is -2.27. The molecule has 1 saturated carbocycles. The smallest absolute Gasteiger partial charge is 0.263 e. The number of nitrogens with one attached hydrogen (secondary N) is 1. The maximum Gasteiger partial charge on any atom is 0.263 e. The number of benzene rings is 1. The molecule has 1 aromatic carbocycles. The van der Waals surface area contributed by atoms with Gasteiger partial charge in [-0.2, -0.15) is 20.1 Å². The van der Waals surface area contributed by atoms with E-state index in [-0.39, 0.29) is 12.5 Å². The molecule has 1 aliphatic rings. The zero-order valence-electron chi connectivity index (χ0n) is 12.1. The molecule has 0 bridgehead atoms. The van der Waals surface area contributed by atoms with Gasteiger partial charge < -0.3 is 0 Å². The lowest BCUT2D eigenvalue weighted by Gasteiger charge is -2.19. The van der Waals surface area contributed by atoms with Gasteiger partial charge in [-0.25, -0.2) is 5.43 Å². The van der Waals surface area contributed by atoms with Crippen molar-refractivity contribution in [3.05, 3.63) is 24.3 Å². The van der Waals surface area contributed by atoms with Gasteiger partial charge in [-0.15, -0.1) is 0 Å². The fourth-order valence-corrected chi connectivity index (χ4v) is 2.61. The van der Waals surface area contributed by atoms with Crippen molar-refractivity contribution in [2.24, 2.45) is 11.0 Å². The fourth-order valence-electron chi connectivity index (χ4n) is 2.61. The normalized spacial score (nSPS) is 20.8. The third-order valence-corrected chi connectivity index (χ3v) is 3.83. The van der Waals surface area contributed by atoms with Crippen molar-refractivity contribution in [3.8, 4) is 0 Å². The monoisotopic (exact) mass is 285 g/mol. The second kappa shape index (κ2) is 6.03. The van der Waals surface area contributed by atoms with Crippen LogP contribution >= 0.6 is 0 Å². The number of carbonyl (C=O) groups is 1. The molecule has 0 aliphatic heterocycles. The largest absolute Gasteiger partial charge is 0.271 e. The molecule has 2 aromatic rings. The Balaban J connectivity index is 1.62. The Hall–Kier alpha value is -2.24. The third-order valence-electron chi connectivity index (χ3n) is 3.83. The highest BCUT2D eigenvalue weighted by molar-refractivity contribution is 5.88. The summed E-state index contributed by atoms with van der Waals surface area (Å²) in [5.74, 6) is 0.269. The summed E-state index contributed by atoms with van der Waals surface area (Å²) >= 11 is 0. The Labute approximate surface area is 123 Å². The molecule has 1 heterocycles. The lowest BCUT2D eigenvalue weighted by atomic mass is 9.89. The van der Waals surface area contributed by atoms with Crippen LogP contribution in [0.25, 0.3) is 11.0 Å². The van der Waals surface area contributed by atoms with Crippen molar-refractivity contribution in [1.29, 1.82) is 0 Å². The summed E-state index contributed by atoms with van der Waals surface area (Å²) in [5, 5.41) is 12.8. The van der Waals surface area contributed by atoms with Gasteiger partial charge in [0.15, 0.2) is 0 Å². The van der Waals surface area contributed by atoms with E-state index in [0.29, 0.717) is 5.92 Å². The van der Waals surface area contributed by atoms with Crippen LogP contribution in [0.2, 0.25) is 0 Å². The van der Waals surface area contributed by atoms with E-state index >= 15 is 0 Å². The van der Waals surface area contributed by atoms with Gasteiger partial charge in [-0.3, -0.25) is 4.79 Å². The topological polar surface area (TPSA) is 72.2 Å². The number of rotatable bonds is 3. The molecule has 0 radical (unpaired) electrons. The van der Waals surface area contributed by atoms with Crippen molar-refractivity contribution in [2.45, 2.75) is 39.2 Å². The van der Waals surface area contributed by atoms with Crippen LogP contribution in [0.15, 0.2) is 29.4 Å². The van der Waals surface area contributed by atoms with E-state index in [0.717, 1.165) is 36.0 Å². The average molecular weight is 285 g/mol. The molecule has 1 aliphatic carbocycles. The van der Waals surface area contributed by atoms with Crippen LogP contribution in [-0.4, -0.2) is 26.6 Å². The van der Waals surface area contributed by atoms with Crippen LogP contribution in [-0.2, 0) is 11.3 Å². The van der Waals surface area contributed by atoms with Gasteiger partial charge in [0.1, 0.15) is 17.6 Å². The first-order chi connectivity index (χ1) is 10.2. The van der Waals surface area contributed by atoms with Crippen molar-refractivity contribution in [1.82, 2.24) is 20.4 Å². The van der Waals surface area contributed by atoms with Gasteiger partial charge in [0.2, 0.25) is 0 Å². The van der Waals surface area contributed by atoms with Gasteiger partial charge in [-0.1, -0.05) is 25.5 Å². The molecule has 21 heavy (non-hydrogen) atoms. The number of hydrogen-bond donors (Lipinski definition) is 1. The number of amides is 1. The van der Waals surface area contributed by atoms with Crippen molar-refractivity contribution < 1.29 is 4.79 Å². The number of fused-ring (bicyclic) bond motifs is 1. The lowest BCUT2D eigenvalue weighted by molar-refractivity contribution is -0.122. The number of carbonyl (C=O) groups excluding carboxylic acids is 1. The predicted octanol–water partition coefficient (Wildman–Crippen LogP) is 2.11. The molecular weight excluding hydrogens is 266 g/mol. The number of nitrogens with zero attached hydrogens (tertiary/aromatic N) is 4. The first kappa shape index (κ1) is 13.7. The molecule has 0 saturated heterocycles. The van der Waals surface area contributed by atoms with Gasteiger partial charge in [0, 0.05) is 5.71 Å². The number of hydrogen-bond acceptors (Lipinski definition) is 4. The van der Waals surface area contributed by atoms with E-state index in [1.54, 1.807) is 0 Å². The van der Waals surface area contributed by atoms with Crippen LogP contribution in [0, 0.1) is 5.92 Å². The molecule has 0 spiro atoms. The van der Waals surface area contributed by atoms with Crippen LogP contribution in [0.5, 0.6) is 0 Å². The minimum absolute atomic E-state index is 0.0832. The molecule has 1 fully saturated rings. The van der Waals surface area contributed by atoms with Crippen molar-refractivity contribution in [3.63, 3.8) is 0 Å². The van der Waals surface area contributed by atoms with E-state index in [1.165, 1.54) is 11.2 Å². The molecule has 110 valence electrons. The van der Waals surface area contributed by atoms with E-state index in [2.05, 4.69) is 27.6 Å². The predicted molar refractivity (Wildman–Crippen MR) is 80.7 cm³/mol.